The van der Waals surface area contributed by atoms with Crippen molar-refractivity contribution in [1.82, 2.24) is 4.72 Å². The van der Waals surface area contributed by atoms with E-state index in [1.165, 1.54) is 12.1 Å². The summed E-state index contributed by atoms with van der Waals surface area (Å²) in [6.07, 6.45) is 0.362. The third kappa shape index (κ3) is 6.27. The Morgan fingerprint density at radius 1 is 1.43 bits per heavy atom. The van der Waals surface area contributed by atoms with Crippen molar-refractivity contribution < 1.29 is 18.3 Å². The van der Waals surface area contributed by atoms with E-state index in [0.29, 0.717) is 25.2 Å². The summed E-state index contributed by atoms with van der Waals surface area (Å²) in [4.78, 5) is 0.168. The van der Waals surface area contributed by atoms with Crippen molar-refractivity contribution in [2.75, 3.05) is 19.8 Å². The van der Waals surface area contributed by atoms with Gasteiger partial charge in [-0.2, -0.15) is 0 Å². The number of sulfonamides is 1. The van der Waals surface area contributed by atoms with Crippen molar-refractivity contribution in [2.24, 2.45) is 0 Å². The van der Waals surface area contributed by atoms with Crippen LogP contribution in [0.1, 0.15) is 25.8 Å². The number of hydrogen-bond donors (Lipinski definition) is 2. The van der Waals surface area contributed by atoms with Crippen molar-refractivity contribution in [3.8, 4) is 11.8 Å². The third-order valence-corrected chi connectivity index (χ3v) is 4.13. The summed E-state index contributed by atoms with van der Waals surface area (Å²) in [5, 5.41) is 8.68. The van der Waals surface area contributed by atoms with E-state index in [4.69, 9.17) is 9.84 Å². The zero-order valence-electron chi connectivity index (χ0n) is 12.3. The fourth-order valence-electron chi connectivity index (χ4n) is 1.62. The maximum absolute atomic E-state index is 12.2. The van der Waals surface area contributed by atoms with Crippen LogP contribution in [0.3, 0.4) is 0 Å². The maximum Gasteiger partial charge on any atom is 0.240 e. The number of aliphatic hydroxyl groups is 1. The van der Waals surface area contributed by atoms with Crippen LogP contribution in [0.15, 0.2) is 29.2 Å². The minimum Gasteiger partial charge on any atom is -0.395 e. The fraction of sp³-hybridized carbons (Fsp3) is 0.467. The molecule has 0 aromatic heterocycles. The van der Waals surface area contributed by atoms with Crippen molar-refractivity contribution in [3.63, 3.8) is 0 Å². The van der Waals surface area contributed by atoms with Crippen molar-refractivity contribution in [1.29, 1.82) is 0 Å². The van der Waals surface area contributed by atoms with Gasteiger partial charge in [-0.15, -0.1) is 0 Å². The first-order valence-corrected chi connectivity index (χ1v) is 8.27. The lowest BCUT2D eigenvalue weighted by Crippen LogP contribution is -2.35. The van der Waals surface area contributed by atoms with Gasteiger partial charge in [0.1, 0.15) is 0 Å². The van der Waals surface area contributed by atoms with Crippen LogP contribution < -0.4 is 4.72 Å². The molecular weight excluding hydrogens is 290 g/mol. The molecule has 1 unspecified atom stereocenters. The molecule has 0 fully saturated rings. The molecule has 0 spiro atoms. The highest BCUT2D eigenvalue weighted by Crippen LogP contribution is 2.11. The fourth-order valence-corrected chi connectivity index (χ4v) is 2.90. The number of rotatable bonds is 7. The molecule has 1 atom stereocenters. The second-order valence-electron chi connectivity index (χ2n) is 4.49. The number of nitrogens with one attached hydrogen (secondary N) is 1. The highest BCUT2D eigenvalue weighted by Gasteiger charge is 2.17. The second-order valence-corrected chi connectivity index (χ2v) is 6.20. The van der Waals surface area contributed by atoms with Crippen LogP contribution in [0.4, 0.5) is 0 Å². The van der Waals surface area contributed by atoms with Crippen LogP contribution in [0.5, 0.6) is 0 Å². The predicted octanol–water partition coefficient (Wildman–Crippen LogP) is 1.12. The van der Waals surface area contributed by atoms with Gasteiger partial charge in [0.15, 0.2) is 0 Å². The summed E-state index contributed by atoms with van der Waals surface area (Å²) in [6.45, 7) is 4.46. The van der Waals surface area contributed by atoms with Gasteiger partial charge in [0.2, 0.25) is 10.0 Å². The van der Waals surface area contributed by atoms with Crippen LogP contribution in [0.2, 0.25) is 0 Å². The van der Waals surface area contributed by atoms with Gasteiger partial charge in [0.05, 0.1) is 18.1 Å². The van der Waals surface area contributed by atoms with Gasteiger partial charge >= 0.3 is 0 Å². The smallest absolute Gasteiger partial charge is 0.240 e. The molecule has 1 aromatic carbocycles. The Kier molecular flexibility index (Phi) is 7.40. The number of ether oxygens (including phenoxy) is 1. The summed E-state index contributed by atoms with van der Waals surface area (Å²) in [5.74, 6) is 5.58. The summed E-state index contributed by atoms with van der Waals surface area (Å²) in [5.41, 5.74) is 0.601. The first-order valence-electron chi connectivity index (χ1n) is 6.79. The third-order valence-electron chi connectivity index (χ3n) is 2.54. The van der Waals surface area contributed by atoms with E-state index in [2.05, 4.69) is 16.6 Å². The zero-order valence-corrected chi connectivity index (χ0v) is 13.1. The van der Waals surface area contributed by atoms with Gasteiger partial charge in [-0.1, -0.05) is 17.9 Å². The molecule has 0 aliphatic carbocycles. The van der Waals surface area contributed by atoms with E-state index in [1.54, 1.807) is 19.1 Å². The molecule has 0 heterocycles. The Labute approximate surface area is 126 Å². The summed E-state index contributed by atoms with van der Waals surface area (Å²) < 4.78 is 32.2. The Morgan fingerprint density at radius 3 is 2.86 bits per heavy atom. The van der Waals surface area contributed by atoms with Gasteiger partial charge < -0.3 is 9.84 Å². The topological polar surface area (TPSA) is 75.6 Å². The number of benzene rings is 1. The number of hydrogen-bond acceptors (Lipinski definition) is 4. The van der Waals surface area contributed by atoms with Crippen LogP contribution >= 0.6 is 0 Å². The Bertz CT molecular complexity index is 602. The molecule has 0 radical (unpaired) electrons. The SMILES string of the molecule is CCOCC(C)NS(=O)(=O)c1cccc(C#CCCO)c1. The molecule has 5 nitrogen and oxygen atoms in total. The molecule has 0 saturated heterocycles. The zero-order chi connectivity index (χ0) is 15.7. The monoisotopic (exact) mass is 311 g/mol. The molecule has 116 valence electrons. The van der Waals surface area contributed by atoms with E-state index < -0.39 is 10.0 Å². The quantitative estimate of drug-likeness (QED) is 0.740. The molecule has 2 N–H and O–H groups in total. The van der Waals surface area contributed by atoms with Crippen LogP contribution in [0.25, 0.3) is 0 Å². The van der Waals surface area contributed by atoms with Crippen molar-refractivity contribution in [2.45, 2.75) is 31.2 Å². The van der Waals surface area contributed by atoms with Crippen LogP contribution in [-0.2, 0) is 14.8 Å². The minimum absolute atomic E-state index is 0.0124. The second kappa shape index (κ2) is 8.80. The summed E-state index contributed by atoms with van der Waals surface area (Å²) in [6, 6.07) is 6.10. The first kappa shape index (κ1) is 17.7. The van der Waals surface area contributed by atoms with E-state index in [0.717, 1.165) is 0 Å². The molecule has 0 bridgehead atoms. The van der Waals surface area contributed by atoms with Crippen molar-refractivity contribution in [3.05, 3.63) is 29.8 Å². The van der Waals surface area contributed by atoms with Gasteiger partial charge in [-0.25, -0.2) is 13.1 Å². The van der Waals surface area contributed by atoms with E-state index in [-0.39, 0.29) is 17.5 Å². The van der Waals surface area contributed by atoms with E-state index in [1.807, 2.05) is 6.92 Å². The largest absolute Gasteiger partial charge is 0.395 e. The van der Waals surface area contributed by atoms with E-state index in [9.17, 15) is 8.42 Å². The lowest BCUT2D eigenvalue weighted by atomic mass is 10.2. The highest BCUT2D eigenvalue weighted by molar-refractivity contribution is 7.89. The summed E-state index contributed by atoms with van der Waals surface area (Å²) >= 11 is 0. The average molecular weight is 311 g/mol. The molecule has 21 heavy (non-hydrogen) atoms. The molecule has 0 aliphatic heterocycles. The lowest BCUT2D eigenvalue weighted by Gasteiger charge is -2.14. The molecule has 1 rings (SSSR count). The standard InChI is InChI=1S/C15H21NO4S/c1-3-20-12-13(2)16-21(18,19)15-9-6-8-14(11-15)7-4-5-10-17/h6,8-9,11,13,16-17H,3,5,10,12H2,1-2H3. The molecule has 6 heteroatoms. The van der Waals surface area contributed by atoms with Gasteiger partial charge in [-0.3, -0.25) is 0 Å². The first-order chi connectivity index (χ1) is 9.99. The van der Waals surface area contributed by atoms with Crippen molar-refractivity contribution >= 4 is 10.0 Å². The minimum atomic E-state index is -3.59. The molecule has 0 amide bonds. The predicted molar refractivity (Wildman–Crippen MR) is 81.3 cm³/mol. The van der Waals surface area contributed by atoms with Gasteiger partial charge in [0, 0.05) is 24.6 Å². The average Bonchev–Trinajstić information content (AvgIpc) is 2.45. The Hall–Kier alpha value is -1.39. The maximum atomic E-state index is 12.2. The lowest BCUT2D eigenvalue weighted by molar-refractivity contribution is 0.133. The van der Waals surface area contributed by atoms with E-state index >= 15 is 0 Å². The normalized spacial score (nSPS) is 12.5. The van der Waals surface area contributed by atoms with Gasteiger partial charge in [-0.05, 0) is 32.0 Å². The Balaban J connectivity index is 2.84. The number of aliphatic hydroxyl groups excluding tert-OH is 1. The molecule has 1 aromatic rings. The van der Waals surface area contributed by atoms with Gasteiger partial charge in [0.25, 0.3) is 0 Å². The Morgan fingerprint density at radius 2 is 2.19 bits per heavy atom. The molecule has 0 aliphatic rings. The molecule has 0 saturated carbocycles. The highest BCUT2D eigenvalue weighted by atomic mass is 32.2. The summed E-state index contributed by atoms with van der Waals surface area (Å²) in [7, 11) is -3.59. The van der Waals surface area contributed by atoms with Crippen LogP contribution in [-0.4, -0.2) is 39.4 Å². The van der Waals surface area contributed by atoms with Crippen LogP contribution in [0, 0.1) is 11.8 Å². The molecular formula is C15H21NO4S.